The number of carbonyl (C=O) groups is 2. The summed E-state index contributed by atoms with van der Waals surface area (Å²) < 4.78 is 0. The first-order chi connectivity index (χ1) is 12.6. The molecule has 3 aromatic rings. The molecule has 5 heteroatoms. The van der Waals surface area contributed by atoms with E-state index in [1.54, 1.807) is 0 Å². The summed E-state index contributed by atoms with van der Waals surface area (Å²) in [6.07, 6.45) is 0.325. The van der Waals surface area contributed by atoms with Crippen LogP contribution in [0.1, 0.15) is 5.56 Å². The van der Waals surface area contributed by atoms with Crippen LogP contribution in [0.15, 0.2) is 72.8 Å². The van der Waals surface area contributed by atoms with Crippen LogP contribution in [0.2, 0.25) is 0 Å². The number of fused-ring (bicyclic) bond motifs is 1. The van der Waals surface area contributed by atoms with Crippen LogP contribution in [0.3, 0.4) is 0 Å². The first kappa shape index (κ1) is 17.6. The third-order valence-electron chi connectivity index (χ3n) is 4.38. The molecule has 1 atom stereocenters. The zero-order valence-corrected chi connectivity index (χ0v) is 14.3. The maximum absolute atomic E-state index is 12.7. The summed E-state index contributed by atoms with van der Waals surface area (Å²) in [5.74, 6) is -0.912. The minimum Gasteiger partial charge on any atom is -0.368 e. The molecule has 0 fully saturated rings. The third-order valence-corrected chi connectivity index (χ3v) is 4.38. The fourth-order valence-electron chi connectivity index (χ4n) is 3.15. The van der Waals surface area contributed by atoms with E-state index in [0.717, 1.165) is 16.3 Å². The monoisotopic (exact) mass is 347 g/mol. The fraction of sp³-hybridized carbons (Fsp3) is 0.143. The number of benzene rings is 3. The Morgan fingerprint density at radius 1 is 0.885 bits per heavy atom. The van der Waals surface area contributed by atoms with Crippen LogP contribution in [0.5, 0.6) is 0 Å². The SMILES string of the molecule is NCC(=O)N(c1cccc2ccccc12)[C@@H](Cc1ccccc1)C(N)=O. The molecule has 3 aromatic carbocycles. The van der Waals surface area contributed by atoms with Gasteiger partial charge in [0.1, 0.15) is 6.04 Å². The lowest BCUT2D eigenvalue weighted by atomic mass is 10.0. The molecule has 2 amide bonds. The molecule has 0 saturated heterocycles. The van der Waals surface area contributed by atoms with Crippen LogP contribution in [0, 0.1) is 0 Å². The molecule has 3 rings (SSSR count). The zero-order chi connectivity index (χ0) is 18.5. The number of nitrogens with zero attached hydrogens (tertiary/aromatic N) is 1. The van der Waals surface area contributed by atoms with Crippen LogP contribution in [-0.4, -0.2) is 24.4 Å². The Morgan fingerprint density at radius 3 is 2.23 bits per heavy atom. The van der Waals surface area contributed by atoms with Gasteiger partial charge in [-0.25, -0.2) is 0 Å². The van der Waals surface area contributed by atoms with Crippen LogP contribution < -0.4 is 16.4 Å². The molecule has 26 heavy (non-hydrogen) atoms. The third kappa shape index (κ3) is 3.58. The van der Waals surface area contributed by atoms with Crippen molar-refractivity contribution in [1.29, 1.82) is 0 Å². The summed E-state index contributed by atoms with van der Waals surface area (Å²) in [5, 5.41) is 1.85. The average Bonchev–Trinajstić information content (AvgIpc) is 2.68. The maximum Gasteiger partial charge on any atom is 0.241 e. The highest BCUT2D eigenvalue weighted by Crippen LogP contribution is 2.29. The molecule has 4 N–H and O–H groups in total. The van der Waals surface area contributed by atoms with Gasteiger partial charge in [0, 0.05) is 11.8 Å². The number of carbonyl (C=O) groups excluding carboxylic acids is 2. The molecule has 0 bridgehead atoms. The van der Waals surface area contributed by atoms with Crippen LogP contribution >= 0.6 is 0 Å². The van der Waals surface area contributed by atoms with Gasteiger partial charge in [-0.15, -0.1) is 0 Å². The van der Waals surface area contributed by atoms with Crippen molar-refractivity contribution in [2.24, 2.45) is 11.5 Å². The number of rotatable bonds is 6. The maximum atomic E-state index is 12.7. The summed E-state index contributed by atoms with van der Waals surface area (Å²) in [6.45, 7) is -0.207. The molecule has 0 aliphatic carbocycles. The van der Waals surface area contributed by atoms with E-state index >= 15 is 0 Å². The molecule has 5 nitrogen and oxygen atoms in total. The van der Waals surface area contributed by atoms with Gasteiger partial charge in [0.15, 0.2) is 0 Å². The summed E-state index contributed by atoms with van der Waals surface area (Å²) in [6, 6.07) is 22.0. The Kier molecular flexibility index (Phi) is 5.29. The lowest BCUT2D eigenvalue weighted by molar-refractivity contribution is -0.124. The molecule has 0 radical (unpaired) electrons. The molecule has 132 valence electrons. The van der Waals surface area contributed by atoms with Crippen molar-refractivity contribution >= 4 is 28.3 Å². The minimum atomic E-state index is -0.820. The Morgan fingerprint density at radius 2 is 1.54 bits per heavy atom. The van der Waals surface area contributed by atoms with Crippen LogP contribution in [0.25, 0.3) is 10.8 Å². The van der Waals surface area contributed by atoms with E-state index in [1.807, 2.05) is 72.8 Å². The normalized spacial score (nSPS) is 11.9. The van der Waals surface area contributed by atoms with Crippen LogP contribution in [0.4, 0.5) is 5.69 Å². The highest BCUT2D eigenvalue weighted by atomic mass is 16.2. The van der Waals surface area contributed by atoms with Gasteiger partial charge in [0.05, 0.1) is 12.2 Å². The van der Waals surface area contributed by atoms with E-state index in [4.69, 9.17) is 11.5 Å². The molecule has 0 unspecified atom stereocenters. The number of hydrogen-bond donors (Lipinski definition) is 2. The summed E-state index contributed by atoms with van der Waals surface area (Å²) >= 11 is 0. The smallest absolute Gasteiger partial charge is 0.241 e. The second kappa shape index (κ2) is 7.80. The summed E-state index contributed by atoms with van der Waals surface area (Å²) in [5.41, 5.74) is 12.9. The van der Waals surface area contributed by atoms with E-state index < -0.39 is 11.9 Å². The van der Waals surface area contributed by atoms with E-state index in [9.17, 15) is 9.59 Å². The van der Waals surface area contributed by atoms with Gasteiger partial charge in [-0.3, -0.25) is 14.5 Å². The van der Waals surface area contributed by atoms with Gasteiger partial charge in [-0.1, -0.05) is 66.7 Å². The topological polar surface area (TPSA) is 89.4 Å². The first-order valence-electron chi connectivity index (χ1n) is 8.45. The molecular weight excluding hydrogens is 326 g/mol. The summed E-state index contributed by atoms with van der Waals surface area (Å²) in [7, 11) is 0. The molecule has 0 saturated carbocycles. The molecule has 0 heterocycles. The van der Waals surface area contributed by atoms with Gasteiger partial charge in [-0.05, 0) is 17.0 Å². The molecule has 0 aliphatic heterocycles. The number of primary amides is 1. The lowest BCUT2D eigenvalue weighted by Gasteiger charge is -2.30. The lowest BCUT2D eigenvalue weighted by Crippen LogP contribution is -2.51. The Labute approximate surface area is 152 Å². The Balaban J connectivity index is 2.11. The van der Waals surface area contributed by atoms with Crippen molar-refractivity contribution in [3.63, 3.8) is 0 Å². The molecule has 0 spiro atoms. The molecule has 0 aliphatic rings. The van der Waals surface area contributed by atoms with Gasteiger partial charge in [0.2, 0.25) is 11.8 Å². The highest BCUT2D eigenvalue weighted by Gasteiger charge is 2.30. The van der Waals surface area contributed by atoms with Crippen molar-refractivity contribution in [3.8, 4) is 0 Å². The molecular formula is C21H21N3O2. The minimum absolute atomic E-state index is 0.207. The van der Waals surface area contributed by atoms with E-state index in [2.05, 4.69) is 0 Å². The second-order valence-corrected chi connectivity index (χ2v) is 6.07. The van der Waals surface area contributed by atoms with Gasteiger partial charge >= 0.3 is 0 Å². The number of anilines is 1. The number of hydrogen-bond acceptors (Lipinski definition) is 3. The van der Waals surface area contributed by atoms with E-state index in [0.29, 0.717) is 12.1 Å². The summed E-state index contributed by atoms with van der Waals surface area (Å²) in [4.78, 5) is 26.4. The van der Waals surface area contributed by atoms with E-state index in [-0.39, 0.29) is 12.5 Å². The number of amides is 2. The quantitative estimate of drug-likeness (QED) is 0.716. The van der Waals surface area contributed by atoms with E-state index in [1.165, 1.54) is 4.90 Å². The first-order valence-corrected chi connectivity index (χ1v) is 8.45. The predicted octanol–water partition coefficient (Wildman–Crippen LogP) is 2.23. The number of nitrogens with two attached hydrogens (primary N) is 2. The fourth-order valence-corrected chi connectivity index (χ4v) is 3.15. The van der Waals surface area contributed by atoms with Gasteiger partial charge in [0.25, 0.3) is 0 Å². The van der Waals surface area contributed by atoms with Crippen molar-refractivity contribution in [2.75, 3.05) is 11.4 Å². The Hall–Kier alpha value is -3.18. The van der Waals surface area contributed by atoms with Crippen molar-refractivity contribution in [3.05, 3.63) is 78.4 Å². The second-order valence-electron chi connectivity index (χ2n) is 6.07. The van der Waals surface area contributed by atoms with Crippen molar-refractivity contribution in [2.45, 2.75) is 12.5 Å². The van der Waals surface area contributed by atoms with Crippen LogP contribution in [-0.2, 0) is 16.0 Å². The standard InChI is InChI=1S/C21H21N3O2/c22-14-20(25)24(18-12-6-10-16-9-4-5-11-17(16)18)19(21(23)26)13-15-7-2-1-3-8-15/h1-12,19H,13-14,22H2,(H2,23,26)/t19-/m0/s1. The zero-order valence-electron chi connectivity index (χ0n) is 14.3. The average molecular weight is 347 g/mol. The largest absolute Gasteiger partial charge is 0.368 e. The van der Waals surface area contributed by atoms with Crippen molar-refractivity contribution < 1.29 is 9.59 Å². The van der Waals surface area contributed by atoms with Gasteiger partial charge in [-0.2, -0.15) is 0 Å². The van der Waals surface area contributed by atoms with Crippen molar-refractivity contribution in [1.82, 2.24) is 0 Å². The molecule has 0 aromatic heterocycles. The Bertz CT molecular complexity index is 919. The highest BCUT2D eigenvalue weighted by molar-refractivity contribution is 6.08. The predicted molar refractivity (Wildman–Crippen MR) is 104 cm³/mol. The van der Waals surface area contributed by atoms with Gasteiger partial charge < -0.3 is 11.5 Å².